The Kier molecular flexibility index (Phi) is 6.71. The lowest BCUT2D eigenvalue weighted by Gasteiger charge is -2.30. The van der Waals surface area contributed by atoms with Gasteiger partial charge in [0.05, 0.1) is 6.61 Å². The van der Waals surface area contributed by atoms with Crippen LogP contribution in [0.5, 0.6) is 5.75 Å². The zero-order valence-corrected chi connectivity index (χ0v) is 16.8. The number of imide groups is 1. The quantitative estimate of drug-likeness (QED) is 0.400. The Morgan fingerprint density at radius 1 is 1.20 bits per heavy atom. The maximum Gasteiger partial charge on any atom is 0.344 e. The van der Waals surface area contributed by atoms with Crippen molar-refractivity contribution in [1.29, 1.82) is 0 Å². The monoisotopic (exact) mass is 415 g/mol. The van der Waals surface area contributed by atoms with Crippen LogP contribution < -0.4 is 15.5 Å². The van der Waals surface area contributed by atoms with E-state index in [0.717, 1.165) is 19.3 Å². The Hall–Kier alpha value is -3.36. The van der Waals surface area contributed by atoms with Crippen molar-refractivity contribution in [2.75, 3.05) is 13.2 Å². The number of hydrazine groups is 1. The average molecular weight is 415 g/mol. The van der Waals surface area contributed by atoms with Crippen molar-refractivity contribution in [3.05, 3.63) is 35.9 Å². The molecule has 1 heterocycles. The van der Waals surface area contributed by atoms with Crippen LogP contribution in [-0.4, -0.2) is 47.6 Å². The van der Waals surface area contributed by atoms with E-state index in [-0.39, 0.29) is 0 Å². The molecule has 2 aliphatic rings. The molecule has 0 atom stereocenters. The van der Waals surface area contributed by atoms with Crippen LogP contribution in [0.1, 0.15) is 44.6 Å². The molecule has 2 fully saturated rings. The number of benzene rings is 1. The van der Waals surface area contributed by atoms with Crippen LogP contribution >= 0.6 is 0 Å². The zero-order chi connectivity index (χ0) is 21.6. The maximum absolute atomic E-state index is 12.6. The van der Waals surface area contributed by atoms with Crippen LogP contribution in [-0.2, 0) is 19.1 Å². The molecule has 2 N–H and O–H groups in total. The van der Waals surface area contributed by atoms with Gasteiger partial charge in [0.25, 0.3) is 11.8 Å². The number of amides is 4. The minimum absolute atomic E-state index is 0.473. The van der Waals surface area contributed by atoms with E-state index in [9.17, 15) is 19.2 Å². The number of esters is 1. The SMILES string of the molecule is CCOc1ccccc1/C=C/C(=O)OCC(=O)NN1C(=O)NC2(CCCCC2)C1=O. The first kappa shape index (κ1) is 21.4. The molecule has 3 rings (SSSR count). The van der Waals surface area contributed by atoms with Gasteiger partial charge in [-0.05, 0) is 31.9 Å². The van der Waals surface area contributed by atoms with Gasteiger partial charge in [0.1, 0.15) is 11.3 Å². The number of carbonyl (C=O) groups is 4. The first-order valence-electron chi connectivity index (χ1n) is 9.98. The van der Waals surface area contributed by atoms with Crippen molar-refractivity contribution in [1.82, 2.24) is 15.8 Å². The molecular formula is C21H25N3O6. The molecule has 1 aromatic rings. The van der Waals surface area contributed by atoms with E-state index >= 15 is 0 Å². The largest absolute Gasteiger partial charge is 0.493 e. The summed E-state index contributed by atoms with van der Waals surface area (Å²) >= 11 is 0. The molecule has 30 heavy (non-hydrogen) atoms. The van der Waals surface area contributed by atoms with Crippen molar-refractivity contribution < 1.29 is 28.7 Å². The minimum atomic E-state index is -0.935. The highest BCUT2D eigenvalue weighted by Crippen LogP contribution is 2.32. The number of urea groups is 1. The minimum Gasteiger partial charge on any atom is -0.493 e. The van der Waals surface area contributed by atoms with Crippen LogP contribution in [0.15, 0.2) is 30.3 Å². The highest BCUT2D eigenvalue weighted by molar-refractivity contribution is 6.08. The van der Waals surface area contributed by atoms with E-state index in [0.29, 0.717) is 35.8 Å². The van der Waals surface area contributed by atoms with E-state index in [2.05, 4.69) is 10.7 Å². The number of para-hydroxylation sites is 1. The molecule has 9 nitrogen and oxygen atoms in total. The van der Waals surface area contributed by atoms with Crippen LogP contribution in [0.2, 0.25) is 0 Å². The van der Waals surface area contributed by atoms with Crippen molar-refractivity contribution in [2.24, 2.45) is 0 Å². The number of carbonyl (C=O) groups excluding carboxylic acids is 4. The summed E-state index contributed by atoms with van der Waals surface area (Å²) in [7, 11) is 0. The summed E-state index contributed by atoms with van der Waals surface area (Å²) in [5, 5.41) is 3.36. The molecule has 1 spiro atoms. The van der Waals surface area contributed by atoms with E-state index in [1.807, 2.05) is 13.0 Å². The van der Waals surface area contributed by atoms with E-state index in [1.54, 1.807) is 18.2 Å². The summed E-state index contributed by atoms with van der Waals surface area (Å²) in [5.74, 6) is -1.36. The molecule has 160 valence electrons. The lowest BCUT2D eigenvalue weighted by molar-refractivity contribution is -0.147. The molecule has 1 aliphatic heterocycles. The van der Waals surface area contributed by atoms with Crippen molar-refractivity contribution in [2.45, 2.75) is 44.6 Å². The Labute approximate surface area is 174 Å². The number of nitrogens with one attached hydrogen (secondary N) is 2. The Morgan fingerprint density at radius 3 is 2.67 bits per heavy atom. The summed E-state index contributed by atoms with van der Waals surface area (Å²) in [4.78, 5) is 48.7. The Bertz CT molecular complexity index is 860. The van der Waals surface area contributed by atoms with Crippen LogP contribution in [0, 0.1) is 0 Å². The summed E-state index contributed by atoms with van der Waals surface area (Å²) in [6, 6.07) is 6.50. The third-order valence-corrected chi connectivity index (χ3v) is 5.07. The van der Waals surface area contributed by atoms with E-state index in [1.165, 1.54) is 12.2 Å². The predicted molar refractivity (Wildman–Crippen MR) is 107 cm³/mol. The van der Waals surface area contributed by atoms with Crippen molar-refractivity contribution in [3.63, 3.8) is 0 Å². The molecule has 0 unspecified atom stereocenters. The van der Waals surface area contributed by atoms with Crippen molar-refractivity contribution in [3.8, 4) is 5.75 Å². The van der Waals surface area contributed by atoms with Crippen molar-refractivity contribution >= 4 is 29.9 Å². The second-order valence-corrected chi connectivity index (χ2v) is 7.16. The lowest BCUT2D eigenvalue weighted by atomic mass is 9.82. The molecule has 0 aromatic heterocycles. The maximum atomic E-state index is 12.6. The predicted octanol–water partition coefficient (Wildman–Crippen LogP) is 1.93. The molecule has 1 saturated carbocycles. The number of hydrogen-bond acceptors (Lipinski definition) is 6. The number of hydrogen-bond donors (Lipinski definition) is 2. The first-order valence-corrected chi connectivity index (χ1v) is 9.98. The smallest absolute Gasteiger partial charge is 0.344 e. The molecule has 1 aliphatic carbocycles. The van der Waals surface area contributed by atoms with Gasteiger partial charge < -0.3 is 14.8 Å². The Balaban J connectivity index is 1.50. The normalized spacial score (nSPS) is 17.8. The number of nitrogens with zero attached hydrogens (tertiary/aromatic N) is 1. The summed E-state index contributed by atoms with van der Waals surface area (Å²) in [6.07, 6.45) is 6.48. The third kappa shape index (κ3) is 4.79. The lowest BCUT2D eigenvalue weighted by Crippen LogP contribution is -2.51. The fourth-order valence-electron chi connectivity index (χ4n) is 3.62. The zero-order valence-electron chi connectivity index (χ0n) is 16.8. The fourth-order valence-corrected chi connectivity index (χ4v) is 3.62. The van der Waals surface area contributed by atoms with Crippen LogP contribution in [0.3, 0.4) is 0 Å². The summed E-state index contributed by atoms with van der Waals surface area (Å²) in [5.41, 5.74) is 1.97. The van der Waals surface area contributed by atoms with Gasteiger partial charge in [0, 0.05) is 11.6 Å². The van der Waals surface area contributed by atoms with Gasteiger partial charge in [-0.2, -0.15) is 5.01 Å². The molecular weight excluding hydrogens is 390 g/mol. The summed E-state index contributed by atoms with van der Waals surface area (Å²) < 4.78 is 10.4. The van der Waals surface area contributed by atoms with Gasteiger partial charge in [-0.3, -0.25) is 15.0 Å². The third-order valence-electron chi connectivity index (χ3n) is 5.07. The highest BCUT2D eigenvalue weighted by atomic mass is 16.5. The number of ether oxygens (including phenoxy) is 2. The van der Waals surface area contributed by atoms with Gasteiger partial charge in [0.15, 0.2) is 6.61 Å². The summed E-state index contributed by atoms with van der Waals surface area (Å²) in [6.45, 7) is 1.72. The topological polar surface area (TPSA) is 114 Å². The second-order valence-electron chi connectivity index (χ2n) is 7.16. The van der Waals surface area contributed by atoms with Gasteiger partial charge in [0.2, 0.25) is 0 Å². The molecule has 0 radical (unpaired) electrons. The second kappa shape index (κ2) is 9.43. The molecule has 4 amide bonds. The molecule has 1 aromatic carbocycles. The standard InChI is InChI=1S/C21H25N3O6/c1-2-29-16-9-5-4-8-15(16)10-11-18(26)30-14-17(25)23-24-19(27)21(22-20(24)28)12-6-3-7-13-21/h4-5,8-11H,2-3,6-7,12-14H2,1H3,(H,22,28)(H,23,25)/b11-10+. The Morgan fingerprint density at radius 2 is 1.93 bits per heavy atom. The van der Waals surface area contributed by atoms with Gasteiger partial charge in [-0.15, -0.1) is 0 Å². The molecule has 0 bridgehead atoms. The fraction of sp³-hybridized carbons (Fsp3) is 0.429. The van der Waals surface area contributed by atoms with Crippen LogP contribution in [0.25, 0.3) is 6.08 Å². The van der Waals surface area contributed by atoms with E-state index in [4.69, 9.17) is 9.47 Å². The van der Waals surface area contributed by atoms with E-state index < -0.39 is 36.0 Å². The van der Waals surface area contributed by atoms with Gasteiger partial charge >= 0.3 is 12.0 Å². The molecule has 9 heteroatoms. The van der Waals surface area contributed by atoms with Crippen LogP contribution in [0.4, 0.5) is 4.79 Å². The molecule has 1 saturated heterocycles. The first-order chi connectivity index (χ1) is 14.4. The highest BCUT2D eigenvalue weighted by Gasteiger charge is 2.52. The average Bonchev–Trinajstić information content (AvgIpc) is 2.96. The van der Waals surface area contributed by atoms with Gasteiger partial charge in [-0.25, -0.2) is 9.59 Å². The van der Waals surface area contributed by atoms with Gasteiger partial charge in [-0.1, -0.05) is 37.5 Å². The number of rotatable bonds is 7.